The van der Waals surface area contributed by atoms with Gasteiger partial charge in [-0.1, -0.05) is 6.07 Å². The number of rotatable bonds is 5. The molecule has 1 amide bonds. The van der Waals surface area contributed by atoms with Crippen molar-refractivity contribution in [1.82, 2.24) is 4.90 Å². The molecule has 19 heavy (non-hydrogen) atoms. The van der Waals surface area contributed by atoms with Crippen LogP contribution in [0.5, 0.6) is 11.5 Å². The zero-order chi connectivity index (χ0) is 14.4. The third kappa shape index (κ3) is 3.62. The summed E-state index contributed by atoms with van der Waals surface area (Å²) in [6.07, 6.45) is 0.152. The summed E-state index contributed by atoms with van der Waals surface area (Å²) in [6.45, 7) is 0. The van der Waals surface area contributed by atoms with E-state index >= 15 is 0 Å². The molecule has 0 aliphatic rings. The van der Waals surface area contributed by atoms with Gasteiger partial charge in [-0.05, 0) is 17.7 Å². The van der Waals surface area contributed by atoms with E-state index in [9.17, 15) is 10.1 Å². The highest BCUT2D eigenvalue weighted by Gasteiger charge is 2.18. The van der Waals surface area contributed by atoms with Crippen LogP contribution in [0.25, 0.3) is 0 Å². The van der Waals surface area contributed by atoms with Gasteiger partial charge in [0.1, 0.15) is 0 Å². The van der Waals surface area contributed by atoms with Gasteiger partial charge in [-0.25, -0.2) is 0 Å². The molecule has 0 spiro atoms. The van der Waals surface area contributed by atoms with Crippen molar-refractivity contribution in [2.24, 2.45) is 0 Å². The SMILES string of the molecule is COc1ccc(C(C#N)CC(=O)N(C)C)cc1OC. The topological polar surface area (TPSA) is 62.6 Å². The highest BCUT2D eigenvalue weighted by atomic mass is 16.5. The first-order chi connectivity index (χ1) is 9.03. The first kappa shape index (κ1) is 14.8. The highest BCUT2D eigenvalue weighted by Crippen LogP contribution is 2.31. The van der Waals surface area contributed by atoms with Crippen LogP contribution < -0.4 is 9.47 Å². The van der Waals surface area contributed by atoms with Crippen molar-refractivity contribution in [2.75, 3.05) is 28.3 Å². The van der Waals surface area contributed by atoms with Gasteiger partial charge in [0, 0.05) is 20.5 Å². The van der Waals surface area contributed by atoms with Gasteiger partial charge >= 0.3 is 0 Å². The summed E-state index contributed by atoms with van der Waals surface area (Å²) in [6, 6.07) is 7.39. The molecule has 1 aromatic rings. The Labute approximate surface area is 113 Å². The quantitative estimate of drug-likeness (QED) is 0.811. The summed E-state index contributed by atoms with van der Waals surface area (Å²) in [7, 11) is 6.43. The highest BCUT2D eigenvalue weighted by molar-refractivity contribution is 5.77. The van der Waals surface area contributed by atoms with E-state index in [1.807, 2.05) is 0 Å². The average Bonchev–Trinajstić information content (AvgIpc) is 2.43. The average molecular weight is 262 g/mol. The minimum absolute atomic E-state index is 0.0821. The number of methoxy groups -OCH3 is 2. The Hall–Kier alpha value is -2.22. The molecule has 0 fully saturated rings. The molecule has 0 saturated heterocycles. The molecule has 0 saturated carbocycles. The maximum atomic E-state index is 11.7. The maximum absolute atomic E-state index is 11.7. The summed E-state index contributed by atoms with van der Waals surface area (Å²) in [5.41, 5.74) is 0.746. The first-order valence-electron chi connectivity index (χ1n) is 5.85. The predicted molar refractivity (Wildman–Crippen MR) is 71.2 cm³/mol. The van der Waals surface area contributed by atoms with Crippen LogP contribution in [-0.2, 0) is 4.79 Å². The molecule has 0 radical (unpaired) electrons. The van der Waals surface area contributed by atoms with Crippen LogP contribution in [0.15, 0.2) is 18.2 Å². The van der Waals surface area contributed by atoms with Gasteiger partial charge in [-0.3, -0.25) is 4.79 Å². The molecule has 5 heteroatoms. The third-order valence-electron chi connectivity index (χ3n) is 2.84. The third-order valence-corrected chi connectivity index (χ3v) is 2.84. The molecular formula is C14H18N2O3. The number of hydrogen-bond donors (Lipinski definition) is 0. The lowest BCUT2D eigenvalue weighted by Crippen LogP contribution is -2.23. The lowest BCUT2D eigenvalue weighted by Gasteiger charge is -2.15. The molecule has 0 aliphatic heterocycles. The van der Waals surface area contributed by atoms with Crippen LogP contribution in [0.1, 0.15) is 17.9 Å². The van der Waals surface area contributed by atoms with E-state index in [4.69, 9.17) is 9.47 Å². The Morgan fingerprint density at radius 2 is 1.95 bits per heavy atom. The standard InChI is InChI=1S/C14H18N2O3/c1-16(2)14(17)8-11(9-15)10-5-6-12(18-3)13(7-10)19-4/h5-7,11H,8H2,1-4H3. The number of carbonyl (C=O) groups is 1. The largest absolute Gasteiger partial charge is 0.493 e. The summed E-state index contributed by atoms with van der Waals surface area (Å²) in [4.78, 5) is 13.2. The Bertz CT molecular complexity index is 492. The predicted octanol–water partition coefficient (Wildman–Crippen LogP) is 1.79. The van der Waals surface area contributed by atoms with Crippen LogP contribution in [-0.4, -0.2) is 39.1 Å². The van der Waals surface area contributed by atoms with Crippen LogP contribution in [0, 0.1) is 11.3 Å². The first-order valence-corrected chi connectivity index (χ1v) is 5.85. The molecule has 1 rings (SSSR count). The molecule has 0 N–H and O–H groups in total. The van der Waals surface area contributed by atoms with Gasteiger partial charge < -0.3 is 14.4 Å². The molecular weight excluding hydrogens is 244 g/mol. The minimum Gasteiger partial charge on any atom is -0.493 e. The molecule has 0 aromatic heterocycles. The lowest BCUT2D eigenvalue weighted by atomic mass is 9.96. The van der Waals surface area contributed by atoms with Gasteiger partial charge in [0.2, 0.25) is 5.91 Å². The van der Waals surface area contributed by atoms with Crippen LogP contribution in [0.2, 0.25) is 0 Å². The van der Waals surface area contributed by atoms with Crippen molar-refractivity contribution in [3.63, 3.8) is 0 Å². The molecule has 0 aliphatic carbocycles. The molecule has 0 bridgehead atoms. The van der Waals surface area contributed by atoms with E-state index in [1.54, 1.807) is 39.4 Å². The number of amides is 1. The molecule has 0 heterocycles. The Kier molecular flexibility index (Phi) is 5.19. The fourth-order valence-electron chi connectivity index (χ4n) is 1.66. The normalized spacial score (nSPS) is 11.3. The van der Waals surface area contributed by atoms with Crippen molar-refractivity contribution in [1.29, 1.82) is 5.26 Å². The molecule has 1 atom stereocenters. The molecule has 1 unspecified atom stereocenters. The van der Waals surface area contributed by atoms with Gasteiger partial charge in [-0.15, -0.1) is 0 Å². The minimum atomic E-state index is -0.491. The second kappa shape index (κ2) is 6.64. The van der Waals surface area contributed by atoms with E-state index in [-0.39, 0.29) is 12.3 Å². The number of benzene rings is 1. The van der Waals surface area contributed by atoms with Gasteiger partial charge in [0.05, 0.1) is 26.2 Å². The maximum Gasteiger partial charge on any atom is 0.223 e. The summed E-state index contributed by atoms with van der Waals surface area (Å²) in [5, 5.41) is 9.21. The molecule has 102 valence electrons. The number of carbonyl (C=O) groups excluding carboxylic acids is 1. The molecule has 5 nitrogen and oxygen atoms in total. The summed E-state index contributed by atoms with van der Waals surface area (Å²) < 4.78 is 10.3. The number of nitriles is 1. The van der Waals surface area contributed by atoms with E-state index in [1.165, 1.54) is 12.0 Å². The van der Waals surface area contributed by atoms with Crippen molar-refractivity contribution in [3.8, 4) is 17.6 Å². The Morgan fingerprint density at radius 3 is 2.42 bits per heavy atom. The number of nitrogens with zero attached hydrogens (tertiary/aromatic N) is 2. The van der Waals surface area contributed by atoms with Crippen LogP contribution >= 0.6 is 0 Å². The van der Waals surface area contributed by atoms with Crippen LogP contribution in [0.3, 0.4) is 0 Å². The Balaban J connectivity index is 3.00. The second-order valence-electron chi connectivity index (χ2n) is 4.29. The van der Waals surface area contributed by atoms with Gasteiger partial charge in [-0.2, -0.15) is 5.26 Å². The summed E-state index contributed by atoms with van der Waals surface area (Å²) in [5.74, 6) is 0.579. The van der Waals surface area contributed by atoms with Crippen molar-refractivity contribution >= 4 is 5.91 Å². The van der Waals surface area contributed by atoms with E-state index < -0.39 is 5.92 Å². The van der Waals surface area contributed by atoms with Gasteiger partial charge in [0.25, 0.3) is 0 Å². The zero-order valence-corrected chi connectivity index (χ0v) is 11.6. The summed E-state index contributed by atoms with van der Waals surface area (Å²) >= 11 is 0. The Morgan fingerprint density at radius 1 is 1.32 bits per heavy atom. The van der Waals surface area contributed by atoms with Gasteiger partial charge in [0.15, 0.2) is 11.5 Å². The van der Waals surface area contributed by atoms with Crippen LogP contribution in [0.4, 0.5) is 0 Å². The fraction of sp³-hybridized carbons (Fsp3) is 0.429. The van der Waals surface area contributed by atoms with Crippen molar-refractivity contribution in [2.45, 2.75) is 12.3 Å². The van der Waals surface area contributed by atoms with Crippen molar-refractivity contribution in [3.05, 3.63) is 23.8 Å². The fourth-order valence-corrected chi connectivity index (χ4v) is 1.66. The monoisotopic (exact) mass is 262 g/mol. The second-order valence-corrected chi connectivity index (χ2v) is 4.29. The number of ether oxygens (including phenoxy) is 2. The smallest absolute Gasteiger partial charge is 0.223 e. The van der Waals surface area contributed by atoms with E-state index in [0.29, 0.717) is 11.5 Å². The zero-order valence-electron chi connectivity index (χ0n) is 11.6. The lowest BCUT2D eigenvalue weighted by molar-refractivity contribution is -0.128. The van der Waals surface area contributed by atoms with E-state index in [0.717, 1.165) is 5.56 Å². The van der Waals surface area contributed by atoms with Crippen molar-refractivity contribution < 1.29 is 14.3 Å². The van der Waals surface area contributed by atoms with E-state index in [2.05, 4.69) is 6.07 Å². The molecule has 1 aromatic carbocycles. The number of hydrogen-bond acceptors (Lipinski definition) is 4.